The molecule has 19 heavy (non-hydrogen) atoms. The molecular formula is C15H14N2O2. The average Bonchev–Trinajstić information content (AvgIpc) is 2.43. The zero-order chi connectivity index (χ0) is 13.5. The summed E-state index contributed by atoms with van der Waals surface area (Å²) in [6.45, 7) is 1.21. The number of ether oxygens (including phenoxy) is 1. The summed E-state index contributed by atoms with van der Waals surface area (Å²) in [5.41, 5.74) is 0.987. The second-order valence-corrected chi connectivity index (χ2v) is 4.10. The molecular weight excluding hydrogens is 240 g/mol. The smallest absolute Gasteiger partial charge is 0.181 e. The van der Waals surface area contributed by atoms with Gasteiger partial charge in [-0.15, -0.1) is 0 Å². The molecule has 1 aromatic heterocycles. The molecule has 4 heteroatoms. The van der Waals surface area contributed by atoms with Crippen LogP contribution < -0.4 is 10.2 Å². The Bertz CT molecular complexity index is 603. The first-order valence-electron chi connectivity index (χ1n) is 6.03. The van der Waals surface area contributed by atoms with E-state index in [9.17, 15) is 4.79 Å². The van der Waals surface area contributed by atoms with Gasteiger partial charge in [-0.05, 0) is 17.7 Å². The molecule has 0 amide bonds. The first-order chi connectivity index (χ1) is 9.28. The van der Waals surface area contributed by atoms with E-state index in [0.717, 1.165) is 11.3 Å². The fraction of sp³-hybridized carbons (Fsp3) is 0.200. The van der Waals surface area contributed by atoms with Crippen LogP contribution >= 0.6 is 0 Å². The zero-order valence-corrected chi connectivity index (χ0v) is 10.5. The SMILES string of the molecule is N#CCc1ccc(OCCn2ccc(=O)cc2)cc1. The minimum atomic E-state index is 0.00486. The third-order valence-corrected chi connectivity index (χ3v) is 2.69. The van der Waals surface area contributed by atoms with Crippen LogP contribution in [0.3, 0.4) is 0 Å². The fourth-order valence-electron chi connectivity index (χ4n) is 1.66. The molecule has 1 aromatic carbocycles. The summed E-state index contributed by atoms with van der Waals surface area (Å²) < 4.78 is 7.49. The largest absolute Gasteiger partial charge is 0.492 e. The predicted octanol–water partition coefficient (Wildman–Crippen LogP) is 1.99. The van der Waals surface area contributed by atoms with Crippen LogP contribution in [0.25, 0.3) is 0 Å². The summed E-state index contributed by atoms with van der Waals surface area (Å²) in [6.07, 6.45) is 3.89. The lowest BCUT2D eigenvalue weighted by atomic mass is 10.2. The monoisotopic (exact) mass is 254 g/mol. The van der Waals surface area contributed by atoms with E-state index in [1.165, 1.54) is 12.1 Å². The summed E-state index contributed by atoms with van der Waals surface area (Å²) in [4.78, 5) is 10.9. The molecule has 1 heterocycles. The van der Waals surface area contributed by atoms with Gasteiger partial charge >= 0.3 is 0 Å². The molecule has 0 aliphatic carbocycles. The average molecular weight is 254 g/mol. The number of aromatic nitrogens is 1. The summed E-state index contributed by atoms with van der Waals surface area (Å²) in [6, 6.07) is 12.6. The van der Waals surface area contributed by atoms with Gasteiger partial charge in [0.1, 0.15) is 12.4 Å². The zero-order valence-electron chi connectivity index (χ0n) is 10.5. The normalized spacial score (nSPS) is 9.84. The minimum Gasteiger partial charge on any atom is -0.492 e. The molecule has 0 fully saturated rings. The number of nitrogens with zero attached hydrogens (tertiary/aromatic N) is 2. The van der Waals surface area contributed by atoms with Crippen molar-refractivity contribution in [2.75, 3.05) is 6.61 Å². The van der Waals surface area contributed by atoms with E-state index in [1.54, 1.807) is 12.4 Å². The summed E-state index contributed by atoms with van der Waals surface area (Å²) in [5.74, 6) is 0.780. The molecule has 96 valence electrons. The topological polar surface area (TPSA) is 55.0 Å². The molecule has 2 aromatic rings. The maximum atomic E-state index is 10.9. The molecule has 0 radical (unpaired) electrons. The van der Waals surface area contributed by atoms with E-state index in [1.807, 2.05) is 28.8 Å². The lowest BCUT2D eigenvalue weighted by Crippen LogP contribution is -2.10. The molecule has 0 saturated heterocycles. The molecule has 0 saturated carbocycles. The molecule has 0 unspecified atom stereocenters. The first kappa shape index (κ1) is 12.9. The Morgan fingerprint density at radius 3 is 2.42 bits per heavy atom. The van der Waals surface area contributed by atoms with Gasteiger partial charge in [-0.2, -0.15) is 5.26 Å². The highest BCUT2D eigenvalue weighted by Crippen LogP contribution is 2.12. The molecule has 0 bridgehead atoms. The molecule has 4 nitrogen and oxygen atoms in total. The Kier molecular flexibility index (Phi) is 4.35. The van der Waals surface area contributed by atoms with Crippen LogP contribution in [0.15, 0.2) is 53.6 Å². The van der Waals surface area contributed by atoms with Crippen molar-refractivity contribution in [1.29, 1.82) is 5.26 Å². The number of hydrogen-bond donors (Lipinski definition) is 0. The van der Waals surface area contributed by atoms with Gasteiger partial charge in [0.15, 0.2) is 5.43 Å². The summed E-state index contributed by atoms with van der Waals surface area (Å²) in [7, 11) is 0. The van der Waals surface area contributed by atoms with Crippen LogP contribution in [-0.4, -0.2) is 11.2 Å². The van der Waals surface area contributed by atoms with Gasteiger partial charge in [0.05, 0.1) is 19.0 Å². The number of rotatable bonds is 5. The Labute approximate surface area is 111 Å². The lowest BCUT2D eigenvalue weighted by Gasteiger charge is -2.08. The van der Waals surface area contributed by atoms with Crippen molar-refractivity contribution in [2.24, 2.45) is 0 Å². The molecule has 2 rings (SSSR count). The Morgan fingerprint density at radius 1 is 1.11 bits per heavy atom. The van der Waals surface area contributed by atoms with Crippen molar-refractivity contribution in [1.82, 2.24) is 4.57 Å². The lowest BCUT2D eigenvalue weighted by molar-refractivity contribution is 0.298. The highest BCUT2D eigenvalue weighted by atomic mass is 16.5. The van der Waals surface area contributed by atoms with E-state index in [0.29, 0.717) is 19.6 Å². The number of benzene rings is 1. The van der Waals surface area contributed by atoms with Crippen LogP contribution in [0.1, 0.15) is 5.56 Å². The molecule has 0 atom stereocenters. The van der Waals surface area contributed by atoms with E-state index in [-0.39, 0.29) is 5.43 Å². The van der Waals surface area contributed by atoms with Gasteiger partial charge in [0, 0.05) is 24.5 Å². The van der Waals surface area contributed by atoms with Crippen molar-refractivity contribution in [3.8, 4) is 11.8 Å². The van der Waals surface area contributed by atoms with Crippen molar-refractivity contribution in [2.45, 2.75) is 13.0 Å². The fourth-order valence-corrected chi connectivity index (χ4v) is 1.66. The van der Waals surface area contributed by atoms with Gasteiger partial charge in [0.2, 0.25) is 0 Å². The van der Waals surface area contributed by atoms with Crippen LogP contribution in [0.2, 0.25) is 0 Å². The van der Waals surface area contributed by atoms with Crippen LogP contribution in [-0.2, 0) is 13.0 Å². The van der Waals surface area contributed by atoms with E-state index in [4.69, 9.17) is 10.00 Å². The highest BCUT2D eigenvalue weighted by Gasteiger charge is 1.96. The number of nitriles is 1. The second-order valence-electron chi connectivity index (χ2n) is 4.10. The first-order valence-corrected chi connectivity index (χ1v) is 6.03. The second kappa shape index (κ2) is 6.41. The van der Waals surface area contributed by atoms with Crippen LogP contribution in [0.4, 0.5) is 0 Å². The van der Waals surface area contributed by atoms with Crippen LogP contribution in [0.5, 0.6) is 5.75 Å². The molecule has 0 spiro atoms. The number of pyridine rings is 1. The van der Waals surface area contributed by atoms with Gasteiger partial charge < -0.3 is 9.30 Å². The standard InChI is InChI=1S/C15H14N2O2/c16-8-5-13-1-3-15(4-2-13)19-12-11-17-9-6-14(18)7-10-17/h1-4,6-7,9-10H,5,11-12H2. The van der Waals surface area contributed by atoms with Gasteiger partial charge in [0.25, 0.3) is 0 Å². The maximum absolute atomic E-state index is 10.9. The Balaban J connectivity index is 1.84. The van der Waals surface area contributed by atoms with E-state index >= 15 is 0 Å². The third kappa shape index (κ3) is 4.00. The third-order valence-electron chi connectivity index (χ3n) is 2.69. The maximum Gasteiger partial charge on any atom is 0.181 e. The quantitative estimate of drug-likeness (QED) is 0.820. The Morgan fingerprint density at radius 2 is 1.79 bits per heavy atom. The van der Waals surface area contributed by atoms with Gasteiger partial charge in [-0.3, -0.25) is 4.79 Å². The van der Waals surface area contributed by atoms with E-state index < -0.39 is 0 Å². The predicted molar refractivity (Wildman–Crippen MR) is 72.0 cm³/mol. The van der Waals surface area contributed by atoms with Crippen molar-refractivity contribution >= 4 is 0 Å². The minimum absolute atomic E-state index is 0.00486. The molecule has 0 aliphatic heterocycles. The van der Waals surface area contributed by atoms with Crippen molar-refractivity contribution in [3.63, 3.8) is 0 Å². The van der Waals surface area contributed by atoms with Gasteiger partial charge in [-0.1, -0.05) is 12.1 Å². The van der Waals surface area contributed by atoms with Crippen molar-refractivity contribution in [3.05, 3.63) is 64.6 Å². The van der Waals surface area contributed by atoms with Crippen molar-refractivity contribution < 1.29 is 4.74 Å². The van der Waals surface area contributed by atoms with Gasteiger partial charge in [-0.25, -0.2) is 0 Å². The van der Waals surface area contributed by atoms with E-state index in [2.05, 4.69) is 6.07 Å². The highest BCUT2D eigenvalue weighted by molar-refractivity contribution is 5.28. The Hall–Kier alpha value is -2.54. The molecule has 0 aliphatic rings. The summed E-state index contributed by atoms with van der Waals surface area (Å²) in [5, 5.41) is 8.57. The van der Waals surface area contributed by atoms with Crippen LogP contribution in [0, 0.1) is 11.3 Å². The number of hydrogen-bond acceptors (Lipinski definition) is 3. The summed E-state index contributed by atoms with van der Waals surface area (Å²) >= 11 is 0. The molecule has 0 N–H and O–H groups in total.